The Bertz CT molecular complexity index is 990. The lowest BCUT2D eigenvalue weighted by molar-refractivity contribution is -0.384. The smallest absolute Gasteiger partial charge is 0.340 e. The molecule has 0 unspecified atom stereocenters. The Morgan fingerprint density at radius 3 is 2.59 bits per heavy atom. The number of hydrogen-bond acceptors (Lipinski definition) is 6. The zero-order valence-electron chi connectivity index (χ0n) is 15.0. The Morgan fingerprint density at radius 2 is 1.93 bits per heavy atom. The van der Waals surface area contributed by atoms with E-state index in [4.69, 9.17) is 16.3 Å². The maximum absolute atomic E-state index is 12.1. The van der Waals surface area contributed by atoms with Gasteiger partial charge in [-0.2, -0.15) is 0 Å². The molecule has 1 fully saturated rings. The highest BCUT2D eigenvalue weighted by molar-refractivity contribution is 6.33. The average Bonchev–Trinajstić information content (AvgIpc) is 3.50. The molecule has 150 valence electrons. The lowest BCUT2D eigenvalue weighted by atomic mass is 10.2. The molecule has 1 aliphatic carbocycles. The van der Waals surface area contributed by atoms with Crippen LogP contribution in [0.2, 0.25) is 5.02 Å². The van der Waals surface area contributed by atoms with Crippen molar-refractivity contribution in [3.63, 3.8) is 0 Å². The van der Waals surface area contributed by atoms with Crippen LogP contribution in [0.4, 0.5) is 11.4 Å². The molecular weight excluding hydrogens is 402 g/mol. The van der Waals surface area contributed by atoms with Crippen molar-refractivity contribution in [3.8, 4) is 0 Å². The van der Waals surface area contributed by atoms with E-state index in [1.54, 1.807) is 18.2 Å². The number of anilines is 1. The number of benzene rings is 2. The number of hydrogen-bond donors (Lipinski definition) is 2. The second-order valence-corrected chi connectivity index (χ2v) is 6.78. The molecule has 1 saturated carbocycles. The number of esters is 1. The van der Waals surface area contributed by atoms with Crippen molar-refractivity contribution in [3.05, 3.63) is 68.7 Å². The summed E-state index contributed by atoms with van der Waals surface area (Å²) in [6.07, 6.45) is 1.93. The summed E-state index contributed by atoms with van der Waals surface area (Å²) >= 11 is 5.86. The predicted octanol–water partition coefficient (Wildman–Crippen LogP) is 2.94. The number of carbonyl (C=O) groups excluding carboxylic acids is 3. The zero-order chi connectivity index (χ0) is 21.0. The van der Waals surface area contributed by atoms with Gasteiger partial charge in [0.15, 0.2) is 6.61 Å². The topological polar surface area (TPSA) is 128 Å². The van der Waals surface area contributed by atoms with E-state index in [0.29, 0.717) is 11.3 Å². The number of halogens is 1. The summed E-state index contributed by atoms with van der Waals surface area (Å²) in [6.45, 7) is -0.593. The van der Waals surface area contributed by atoms with Crippen LogP contribution in [0.3, 0.4) is 0 Å². The van der Waals surface area contributed by atoms with Crippen molar-refractivity contribution in [2.45, 2.75) is 18.9 Å². The average molecular weight is 418 g/mol. The summed E-state index contributed by atoms with van der Waals surface area (Å²) in [7, 11) is 0. The lowest BCUT2D eigenvalue weighted by Crippen LogP contribution is -2.25. The van der Waals surface area contributed by atoms with Gasteiger partial charge in [0.1, 0.15) is 0 Å². The summed E-state index contributed by atoms with van der Waals surface area (Å²) in [5.41, 5.74) is 0.422. The van der Waals surface area contributed by atoms with Gasteiger partial charge in [-0.05, 0) is 37.1 Å². The number of nitrogens with one attached hydrogen (secondary N) is 2. The van der Waals surface area contributed by atoms with Crippen molar-refractivity contribution in [1.82, 2.24) is 5.32 Å². The number of ether oxygens (including phenoxy) is 1. The van der Waals surface area contributed by atoms with E-state index in [2.05, 4.69) is 10.6 Å². The van der Waals surface area contributed by atoms with Gasteiger partial charge in [0.05, 0.1) is 15.5 Å². The first-order valence-electron chi connectivity index (χ1n) is 8.65. The SMILES string of the molecule is O=C(COC(=O)c1ccc([N+](=O)[O-])cc1Cl)Nc1cccc(C(=O)NC2CC2)c1. The molecule has 10 heteroatoms. The van der Waals surface area contributed by atoms with E-state index in [9.17, 15) is 24.5 Å². The molecule has 2 amide bonds. The van der Waals surface area contributed by atoms with E-state index in [0.717, 1.165) is 31.0 Å². The van der Waals surface area contributed by atoms with Crippen LogP contribution < -0.4 is 10.6 Å². The minimum Gasteiger partial charge on any atom is -0.452 e. The Kier molecular flexibility index (Phi) is 6.08. The van der Waals surface area contributed by atoms with Crippen molar-refractivity contribution in [2.24, 2.45) is 0 Å². The van der Waals surface area contributed by atoms with Crippen LogP contribution in [0.5, 0.6) is 0 Å². The summed E-state index contributed by atoms with van der Waals surface area (Å²) in [4.78, 5) is 46.2. The summed E-state index contributed by atoms with van der Waals surface area (Å²) in [5.74, 6) is -1.73. The quantitative estimate of drug-likeness (QED) is 0.405. The highest BCUT2D eigenvalue weighted by Gasteiger charge is 2.24. The Hall–Kier alpha value is -3.46. The van der Waals surface area contributed by atoms with Crippen LogP contribution >= 0.6 is 11.6 Å². The molecule has 9 nitrogen and oxygen atoms in total. The van der Waals surface area contributed by atoms with Gasteiger partial charge in [-0.1, -0.05) is 17.7 Å². The van der Waals surface area contributed by atoms with Gasteiger partial charge in [-0.25, -0.2) is 4.79 Å². The molecule has 0 radical (unpaired) electrons. The molecule has 0 aliphatic heterocycles. The molecule has 0 heterocycles. The number of non-ortho nitro benzene ring substituents is 1. The van der Waals surface area contributed by atoms with Crippen molar-refractivity contribution < 1.29 is 24.0 Å². The third kappa shape index (κ3) is 5.52. The van der Waals surface area contributed by atoms with Gasteiger partial charge in [-0.3, -0.25) is 19.7 Å². The molecule has 2 aromatic rings. The lowest BCUT2D eigenvalue weighted by Gasteiger charge is -2.09. The van der Waals surface area contributed by atoms with E-state index in [1.807, 2.05) is 0 Å². The minimum absolute atomic E-state index is 0.0937. The van der Waals surface area contributed by atoms with Crippen LogP contribution in [-0.4, -0.2) is 35.4 Å². The number of carbonyl (C=O) groups is 3. The van der Waals surface area contributed by atoms with Gasteiger partial charge >= 0.3 is 5.97 Å². The molecule has 2 N–H and O–H groups in total. The van der Waals surface area contributed by atoms with Crippen LogP contribution in [-0.2, 0) is 9.53 Å². The van der Waals surface area contributed by atoms with E-state index in [-0.39, 0.29) is 28.2 Å². The van der Waals surface area contributed by atoms with E-state index >= 15 is 0 Å². The number of nitrogens with zero attached hydrogens (tertiary/aromatic N) is 1. The fourth-order valence-electron chi connectivity index (χ4n) is 2.42. The second-order valence-electron chi connectivity index (χ2n) is 6.37. The molecule has 0 aromatic heterocycles. The van der Waals surface area contributed by atoms with Gasteiger partial charge in [0.2, 0.25) is 0 Å². The first-order valence-corrected chi connectivity index (χ1v) is 9.03. The Labute approximate surface area is 170 Å². The van der Waals surface area contributed by atoms with E-state index in [1.165, 1.54) is 6.07 Å². The normalized spacial score (nSPS) is 12.7. The summed E-state index contributed by atoms with van der Waals surface area (Å²) in [5, 5.41) is 15.9. The highest BCUT2D eigenvalue weighted by Crippen LogP contribution is 2.23. The van der Waals surface area contributed by atoms with Crippen molar-refractivity contribution >= 4 is 40.8 Å². The van der Waals surface area contributed by atoms with Gasteiger partial charge in [0, 0.05) is 29.4 Å². The fraction of sp³-hybridized carbons (Fsp3) is 0.211. The highest BCUT2D eigenvalue weighted by atomic mass is 35.5. The first-order chi connectivity index (χ1) is 13.8. The Morgan fingerprint density at radius 1 is 1.17 bits per heavy atom. The van der Waals surface area contributed by atoms with E-state index < -0.39 is 23.4 Å². The molecule has 0 spiro atoms. The van der Waals surface area contributed by atoms with Crippen molar-refractivity contribution in [1.29, 1.82) is 0 Å². The standard InChI is InChI=1S/C19H16ClN3O6/c20-16-9-14(23(27)28)6-7-15(16)19(26)29-10-17(24)21-13-3-1-2-11(8-13)18(25)22-12-4-5-12/h1-3,6-9,12H,4-5,10H2,(H,21,24)(H,22,25). The number of amides is 2. The van der Waals surface area contributed by atoms with Gasteiger partial charge in [0.25, 0.3) is 17.5 Å². The van der Waals surface area contributed by atoms with Crippen LogP contribution in [0.25, 0.3) is 0 Å². The largest absolute Gasteiger partial charge is 0.452 e. The molecule has 0 bridgehead atoms. The monoisotopic (exact) mass is 417 g/mol. The predicted molar refractivity (Wildman–Crippen MR) is 104 cm³/mol. The molecule has 29 heavy (non-hydrogen) atoms. The molecule has 0 atom stereocenters. The number of rotatable bonds is 7. The molecule has 0 saturated heterocycles. The maximum atomic E-state index is 12.1. The third-order valence-electron chi connectivity index (χ3n) is 4.04. The second kappa shape index (κ2) is 8.70. The van der Waals surface area contributed by atoms with Gasteiger partial charge < -0.3 is 15.4 Å². The molecular formula is C19H16ClN3O6. The van der Waals surface area contributed by atoms with Gasteiger partial charge in [-0.15, -0.1) is 0 Å². The molecule has 2 aromatic carbocycles. The van der Waals surface area contributed by atoms with Crippen LogP contribution in [0, 0.1) is 10.1 Å². The molecule has 3 rings (SSSR count). The first kappa shape index (κ1) is 20.3. The van der Waals surface area contributed by atoms with Crippen LogP contribution in [0.1, 0.15) is 33.6 Å². The fourth-order valence-corrected chi connectivity index (χ4v) is 2.68. The number of nitro benzene ring substituents is 1. The zero-order valence-corrected chi connectivity index (χ0v) is 15.8. The minimum atomic E-state index is -0.891. The Balaban J connectivity index is 1.55. The maximum Gasteiger partial charge on any atom is 0.340 e. The molecule has 1 aliphatic rings. The van der Waals surface area contributed by atoms with Crippen molar-refractivity contribution in [2.75, 3.05) is 11.9 Å². The number of nitro groups is 1. The summed E-state index contributed by atoms with van der Waals surface area (Å²) in [6, 6.07) is 9.88. The van der Waals surface area contributed by atoms with Crippen LogP contribution in [0.15, 0.2) is 42.5 Å². The summed E-state index contributed by atoms with van der Waals surface area (Å²) < 4.78 is 4.90. The third-order valence-corrected chi connectivity index (χ3v) is 4.35.